The van der Waals surface area contributed by atoms with Crippen molar-refractivity contribution in [3.63, 3.8) is 0 Å². The number of rotatable bonds is 3. The third-order valence-corrected chi connectivity index (χ3v) is 4.62. The molecule has 6 heteroatoms. The molecule has 4 nitrogen and oxygen atoms in total. The monoisotopic (exact) mass is 307 g/mol. The maximum absolute atomic E-state index is 11.3. The molecule has 2 rings (SSSR count). The quantitative estimate of drug-likeness (QED) is 0.667. The van der Waals surface area contributed by atoms with E-state index < -0.39 is 7.12 Å². The van der Waals surface area contributed by atoms with Crippen LogP contribution in [-0.4, -0.2) is 29.1 Å². The zero-order chi connectivity index (χ0) is 15.8. The molecule has 0 aliphatic carbocycles. The van der Waals surface area contributed by atoms with Crippen molar-refractivity contribution in [1.82, 2.24) is 4.98 Å². The van der Waals surface area contributed by atoms with E-state index in [2.05, 4.69) is 17.6 Å². The van der Waals surface area contributed by atoms with Gasteiger partial charge in [0.1, 0.15) is 0 Å². The number of thiol groups is 1. The summed E-state index contributed by atoms with van der Waals surface area (Å²) in [6.45, 7) is 9.99. The standard InChI is InChI=1S/C15H22BNO3S/c1-10-6-13(18)17-8-11(10)7-12(9-21)16-19-14(2,3)15(4,5)20-16/h6-8,21H,9H2,1-5H3,(H,17,18). The second kappa shape index (κ2) is 5.67. The lowest BCUT2D eigenvalue weighted by molar-refractivity contribution is 0.00578. The first kappa shape index (κ1) is 16.4. The summed E-state index contributed by atoms with van der Waals surface area (Å²) in [7, 11) is -0.418. The fraction of sp³-hybridized carbons (Fsp3) is 0.533. The Kier molecular flexibility index (Phi) is 4.43. The Hall–Kier alpha value is -0.975. The molecule has 1 saturated heterocycles. The van der Waals surface area contributed by atoms with E-state index in [-0.39, 0.29) is 16.8 Å². The van der Waals surface area contributed by atoms with Crippen LogP contribution in [-0.2, 0) is 9.31 Å². The van der Waals surface area contributed by atoms with Crippen LogP contribution in [0.2, 0.25) is 0 Å². The van der Waals surface area contributed by atoms with Gasteiger partial charge in [-0.1, -0.05) is 6.08 Å². The summed E-state index contributed by atoms with van der Waals surface area (Å²) in [6.07, 6.45) is 3.67. The maximum Gasteiger partial charge on any atom is 0.491 e. The van der Waals surface area contributed by atoms with Gasteiger partial charge in [0.25, 0.3) is 0 Å². The van der Waals surface area contributed by atoms with Crippen molar-refractivity contribution in [2.45, 2.75) is 45.8 Å². The van der Waals surface area contributed by atoms with Crippen molar-refractivity contribution in [2.24, 2.45) is 0 Å². The zero-order valence-corrected chi connectivity index (χ0v) is 14.1. The van der Waals surface area contributed by atoms with Crippen LogP contribution in [0.25, 0.3) is 6.08 Å². The molecule has 1 aliphatic rings. The highest BCUT2D eigenvalue weighted by Crippen LogP contribution is 2.39. The smallest absolute Gasteiger partial charge is 0.400 e. The van der Waals surface area contributed by atoms with Crippen molar-refractivity contribution in [3.05, 3.63) is 39.2 Å². The van der Waals surface area contributed by atoms with Crippen LogP contribution in [0.3, 0.4) is 0 Å². The molecule has 0 saturated carbocycles. The summed E-state index contributed by atoms with van der Waals surface area (Å²) in [5.74, 6) is 0.523. The molecule has 1 aliphatic heterocycles. The van der Waals surface area contributed by atoms with Crippen molar-refractivity contribution in [2.75, 3.05) is 5.75 Å². The molecule has 1 N–H and O–H groups in total. The molecule has 0 unspecified atom stereocenters. The summed E-state index contributed by atoms with van der Waals surface area (Å²) in [4.78, 5) is 14.0. The van der Waals surface area contributed by atoms with Gasteiger partial charge in [-0.05, 0) is 51.2 Å². The minimum Gasteiger partial charge on any atom is -0.400 e. The van der Waals surface area contributed by atoms with Gasteiger partial charge < -0.3 is 14.3 Å². The van der Waals surface area contributed by atoms with E-state index in [1.54, 1.807) is 12.3 Å². The maximum atomic E-state index is 11.3. The minimum atomic E-state index is -0.418. The summed E-state index contributed by atoms with van der Waals surface area (Å²) >= 11 is 4.39. The molecule has 21 heavy (non-hydrogen) atoms. The highest BCUT2D eigenvalue weighted by molar-refractivity contribution is 7.80. The second-order valence-electron chi connectivity index (χ2n) is 6.40. The van der Waals surface area contributed by atoms with E-state index in [4.69, 9.17) is 9.31 Å². The van der Waals surface area contributed by atoms with Gasteiger partial charge in [-0.3, -0.25) is 4.79 Å². The molecule has 0 spiro atoms. The number of hydrogen-bond acceptors (Lipinski definition) is 4. The largest absolute Gasteiger partial charge is 0.491 e. The molecule has 0 aromatic carbocycles. The molecule has 0 amide bonds. The number of aromatic amines is 1. The second-order valence-corrected chi connectivity index (χ2v) is 6.72. The van der Waals surface area contributed by atoms with E-state index in [1.165, 1.54) is 0 Å². The van der Waals surface area contributed by atoms with Crippen molar-refractivity contribution < 1.29 is 9.31 Å². The summed E-state index contributed by atoms with van der Waals surface area (Å²) in [6, 6.07) is 1.58. The topological polar surface area (TPSA) is 51.3 Å². The van der Waals surface area contributed by atoms with Crippen LogP contribution < -0.4 is 5.56 Å². The highest BCUT2D eigenvalue weighted by atomic mass is 32.1. The van der Waals surface area contributed by atoms with E-state index in [0.29, 0.717) is 5.75 Å². The van der Waals surface area contributed by atoms with Crippen LogP contribution in [0, 0.1) is 6.92 Å². The number of nitrogens with one attached hydrogen (secondary N) is 1. The third-order valence-electron chi connectivity index (χ3n) is 4.25. The zero-order valence-electron chi connectivity index (χ0n) is 13.2. The van der Waals surface area contributed by atoms with Gasteiger partial charge in [-0.15, -0.1) is 0 Å². The van der Waals surface area contributed by atoms with Crippen molar-refractivity contribution >= 4 is 25.8 Å². The SMILES string of the molecule is Cc1cc(=O)[nH]cc1C=C(CS)B1OC(C)(C)C(C)(C)O1. The highest BCUT2D eigenvalue weighted by Gasteiger charge is 2.52. The number of hydrogen-bond donors (Lipinski definition) is 2. The Morgan fingerprint density at radius 2 is 1.90 bits per heavy atom. The van der Waals surface area contributed by atoms with Crippen molar-refractivity contribution in [1.29, 1.82) is 0 Å². The number of pyridine rings is 1. The average molecular weight is 307 g/mol. The van der Waals surface area contributed by atoms with E-state index in [0.717, 1.165) is 16.6 Å². The molecule has 0 atom stereocenters. The van der Waals surface area contributed by atoms with Crippen LogP contribution in [0.5, 0.6) is 0 Å². The Morgan fingerprint density at radius 1 is 1.33 bits per heavy atom. The third kappa shape index (κ3) is 3.28. The van der Waals surface area contributed by atoms with Gasteiger partial charge in [0, 0.05) is 18.0 Å². The lowest BCUT2D eigenvalue weighted by Crippen LogP contribution is -2.41. The van der Waals surface area contributed by atoms with Crippen LogP contribution in [0.4, 0.5) is 0 Å². The molecule has 1 aromatic heterocycles. The fourth-order valence-corrected chi connectivity index (χ4v) is 2.36. The van der Waals surface area contributed by atoms with Crippen LogP contribution in [0.15, 0.2) is 22.5 Å². The minimum absolute atomic E-state index is 0.104. The molecule has 1 aromatic rings. The first-order chi connectivity index (χ1) is 9.66. The van der Waals surface area contributed by atoms with Gasteiger partial charge in [-0.25, -0.2) is 0 Å². The van der Waals surface area contributed by atoms with Gasteiger partial charge in [0.05, 0.1) is 11.2 Å². The first-order valence-electron chi connectivity index (χ1n) is 7.02. The lowest BCUT2D eigenvalue weighted by atomic mass is 9.78. The Bertz CT molecular complexity index is 606. The van der Waals surface area contributed by atoms with Gasteiger partial charge in [0.2, 0.25) is 5.56 Å². The van der Waals surface area contributed by atoms with E-state index in [1.807, 2.05) is 40.7 Å². The summed E-state index contributed by atoms with van der Waals surface area (Å²) in [5.41, 5.74) is 1.93. The lowest BCUT2D eigenvalue weighted by Gasteiger charge is -2.32. The summed E-state index contributed by atoms with van der Waals surface area (Å²) in [5, 5.41) is 0. The Balaban J connectivity index is 2.33. The number of H-pyrrole nitrogens is 1. The van der Waals surface area contributed by atoms with Crippen LogP contribution >= 0.6 is 12.6 Å². The van der Waals surface area contributed by atoms with E-state index in [9.17, 15) is 4.79 Å². The van der Waals surface area contributed by atoms with E-state index >= 15 is 0 Å². The molecule has 0 bridgehead atoms. The molecule has 2 heterocycles. The fourth-order valence-electron chi connectivity index (χ4n) is 2.12. The molecular weight excluding hydrogens is 285 g/mol. The summed E-state index contributed by atoms with van der Waals surface area (Å²) < 4.78 is 12.1. The average Bonchev–Trinajstić information content (AvgIpc) is 2.57. The number of aromatic nitrogens is 1. The predicted molar refractivity (Wildman–Crippen MR) is 89.7 cm³/mol. The molecule has 1 fully saturated rings. The van der Waals surface area contributed by atoms with Gasteiger partial charge in [0.15, 0.2) is 0 Å². The van der Waals surface area contributed by atoms with Crippen molar-refractivity contribution in [3.8, 4) is 0 Å². The normalized spacial score (nSPS) is 20.9. The Labute approximate surface area is 131 Å². The van der Waals surface area contributed by atoms with Crippen LogP contribution in [0.1, 0.15) is 38.8 Å². The Morgan fingerprint density at radius 3 is 2.38 bits per heavy atom. The van der Waals surface area contributed by atoms with Gasteiger partial charge >= 0.3 is 7.12 Å². The number of aryl methyl sites for hydroxylation is 1. The molecular formula is C15H22BNO3S. The van der Waals surface area contributed by atoms with Gasteiger partial charge in [-0.2, -0.15) is 12.6 Å². The molecule has 0 radical (unpaired) electrons. The molecule has 114 valence electrons. The predicted octanol–water partition coefficient (Wildman–Crippen LogP) is 2.63. The first-order valence-corrected chi connectivity index (χ1v) is 7.66.